The second-order valence-corrected chi connectivity index (χ2v) is 7.50. The third-order valence-corrected chi connectivity index (χ3v) is 5.65. The normalized spacial score (nSPS) is 11.5. The second-order valence-electron chi connectivity index (χ2n) is 7.50. The molecule has 0 saturated heterocycles. The van der Waals surface area contributed by atoms with Gasteiger partial charge in [0.2, 0.25) is 6.41 Å². The Hall–Kier alpha value is -3.46. The highest BCUT2D eigenvalue weighted by atomic mass is 16.1. The number of hydrogen-bond acceptors (Lipinski definition) is 5. The number of H-pyrrole nitrogens is 1. The summed E-state index contributed by atoms with van der Waals surface area (Å²) in [6.45, 7) is 6.80. The molecule has 4 rings (SSSR count). The van der Waals surface area contributed by atoms with E-state index in [0.717, 1.165) is 49.2 Å². The minimum atomic E-state index is 0.216. The van der Waals surface area contributed by atoms with Crippen LogP contribution in [-0.4, -0.2) is 32.5 Å². The maximum Gasteiger partial charge on any atom is 0.277 e. The Morgan fingerprint density at radius 1 is 1.26 bits per heavy atom. The van der Waals surface area contributed by atoms with Crippen molar-refractivity contribution in [2.45, 2.75) is 46.3 Å². The van der Waals surface area contributed by atoms with Crippen LogP contribution in [0.25, 0.3) is 22.2 Å². The summed E-state index contributed by atoms with van der Waals surface area (Å²) in [5.74, 6) is 1.59. The van der Waals surface area contributed by atoms with E-state index in [4.69, 9.17) is 11.5 Å². The molecule has 0 aliphatic rings. The van der Waals surface area contributed by atoms with Crippen LogP contribution < -0.4 is 20.9 Å². The zero-order chi connectivity index (χ0) is 22.0. The molecule has 3 aromatic heterocycles. The van der Waals surface area contributed by atoms with Gasteiger partial charge in [-0.25, -0.2) is 19.1 Å². The van der Waals surface area contributed by atoms with Gasteiger partial charge in [0.15, 0.2) is 28.3 Å². The number of aryl methyl sites for hydroxylation is 3. The van der Waals surface area contributed by atoms with E-state index in [1.807, 2.05) is 6.07 Å². The number of aromatic amines is 1. The van der Waals surface area contributed by atoms with Gasteiger partial charge in [0.25, 0.3) is 5.82 Å². The Morgan fingerprint density at radius 2 is 2.10 bits per heavy atom. The molecule has 0 bridgehead atoms. The first kappa shape index (κ1) is 20.8. The molecule has 4 aromatic rings. The minimum Gasteiger partial charge on any atom is -0.381 e. The summed E-state index contributed by atoms with van der Waals surface area (Å²) in [7, 11) is 0. The number of nitrogens with one attached hydrogen (secondary N) is 1. The van der Waals surface area contributed by atoms with Crippen LogP contribution in [0.3, 0.4) is 0 Å². The van der Waals surface area contributed by atoms with Gasteiger partial charge in [-0.05, 0) is 57.0 Å². The van der Waals surface area contributed by atoms with Crippen molar-refractivity contribution in [1.82, 2.24) is 19.5 Å². The largest absolute Gasteiger partial charge is 0.381 e. The third-order valence-electron chi connectivity index (χ3n) is 5.65. The number of carbonyl (C=O) groups is 1. The molecule has 0 atom stereocenters. The van der Waals surface area contributed by atoms with Crippen molar-refractivity contribution in [2.24, 2.45) is 5.73 Å². The van der Waals surface area contributed by atoms with Crippen LogP contribution in [0, 0.1) is 0 Å². The fourth-order valence-electron chi connectivity index (χ4n) is 4.18. The summed E-state index contributed by atoms with van der Waals surface area (Å²) in [5, 5.41) is 0. The van der Waals surface area contributed by atoms with E-state index in [-0.39, 0.29) is 5.82 Å². The standard InChI is InChI=1S/C22H29N8O/c1-3-29-17-8-7-15(6-5-10-23)12-18(17)30(4-2)19(29)13-28(14-31)22-20(24)27-21-16(26-22)9-11-25-21/h7-9,11-12,14H,3-6,10,13,23H2,1-2H3,(H3,24,25,27)/q+1. The maximum absolute atomic E-state index is 12.1. The lowest BCUT2D eigenvalue weighted by Crippen LogP contribution is -2.40. The van der Waals surface area contributed by atoms with Gasteiger partial charge in [-0.1, -0.05) is 6.07 Å². The molecule has 9 nitrogen and oxygen atoms in total. The lowest BCUT2D eigenvalue weighted by molar-refractivity contribution is -0.676. The highest BCUT2D eigenvalue weighted by Gasteiger charge is 2.27. The molecule has 5 N–H and O–H groups in total. The summed E-state index contributed by atoms with van der Waals surface area (Å²) in [5.41, 5.74) is 16.7. The smallest absolute Gasteiger partial charge is 0.277 e. The lowest BCUT2D eigenvalue weighted by atomic mass is 10.1. The summed E-state index contributed by atoms with van der Waals surface area (Å²) in [4.78, 5) is 25.5. The number of carbonyl (C=O) groups excluding carboxylic acids is 1. The van der Waals surface area contributed by atoms with Crippen molar-refractivity contribution in [3.63, 3.8) is 0 Å². The highest BCUT2D eigenvalue weighted by molar-refractivity contribution is 5.84. The van der Waals surface area contributed by atoms with E-state index in [1.165, 1.54) is 10.5 Å². The van der Waals surface area contributed by atoms with Crippen LogP contribution in [-0.2, 0) is 30.8 Å². The van der Waals surface area contributed by atoms with Crippen molar-refractivity contribution < 1.29 is 9.36 Å². The Bertz CT molecular complexity index is 1230. The SMILES string of the molecule is CCn1c(CN(C=O)c2nc3cc[nH]c3nc2N)[n+](CC)c2ccc(CCCN)cc21. The van der Waals surface area contributed by atoms with Crippen LogP contribution in [0.4, 0.5) is 11.6 Å². The van der Waals surface area contributed by atoms with Crippen LogP contribution in [0.15, 0.2) is 30.5 Å². The summed E-state index contributed by atoms with van der Waals surface area (Å²) in [6, 6.07) is 8.36. The van der Waals surface area contributed by atoms with Crippen LogP contribution in [0.1, 0.15) is 31.7 Å². The molecular weight excluding hydrogens is 392 g/mol. The number of fused-ring (bicyclic) bond motifs is 2. The molecule has 1 aromatic carbocycles. The Balaban J connectivity index is 1.79. The molecule has 31 heavy (non-hydrogen) atoms. The predicted octanol–water partition coefficient (Wildman–Crippen LogP) is 1.88. The zero-order valence-corrected chi connectivity index (χ0v) is 18.0. The number of nitrogens with zero attached hydrogens (tertiary/aromatic N) is 5. The van der Waals surface area contributed by atoms with Crippen LogP contribution >= 0.6 is 0 Å². The van der Waals surface area contributed by atoms with Gasteiger partial charge in [0, 0.05) is 6.20 Å². The molecule has 0 aliphatic carbocycles. The van der Waals surface area contributed by atoms with Gasteiger partial charge in [-0.15, -0.1) is 0 Å². The summed E-state index contributed by atoms with van der Waals surface area (Å²) in [6.07, 6.45) is 4.42. The highest BCUT2D eigenvalue weighted by Crippen LogP contribution is 2.24. The fraction of sp³-hybridized carbons (Fsp3) is 0.364. The van der Waals surface area contributed by atoms with Crippen LogP contribution in [0.5, 0.6) is 0 Å². The Morgan fingerprint density at radius 3 is 2.81 bits per heavy atom. The number of rotatable bonds is 9. The molecule has 0 aliphatic heterocycles. The third kappa shape index (κ3) is 3.72. The topological polar surface area (TPSA) is 123 Å². The number of nitrogen functional groups attached to an aromatic ring is 1. The molecule has 0 radical (unpaired) electrons. The van der Waals surface area contributed by atoms with Crippen molar-refractivity contribution in [3.05, 3.63) is 41.9 Å². The van der Waals surface area contributed by atoms with E-state index in [1.54, 1.807) is 6.20 Å². The van der Waals surface area contributed by atoms with Gasteiger partial charge >= 0.3 is 0 Å². The summed E-state index contributed by atoms with van der Waals surface area (Å²) >= 11 is 0. The Kier molecular flexibility index (Phi) is 5.85. The molecule has 0 spiro atoms. The van der Waals surface area contributed by atoms with Gasteiger partial charge in [-0.2, -0.15) is 0 Å². The van der Waals surface area contributed by atoms with Crippen molar-refractivity contribution in [1.29, 1.82) is 0 Å². The monoisotopic (exact) mass is 421 g/mol. The molecule has 0 unspecified atom stereocenters. The number of imidazole rings is 1. The quantitative estimate of drug-likeness (QED) is 0.281. The number of benzene rings is 1. The fourth-order valence-corrected chi connectivity index (χ4v) is 4.18. The minimum absolute atomic E-state index is 0.216. The molecular formula is C22H29N8O+. The lowest BCUT2D eigenvalue weighted by Gasteiger charge is -2.16. The molecule has 9 heteroatoms. The van der Waals surface area contributed by atoms with Crippen molar-refractivity contribution in [2.75, 3.05) is 17.2 Å². The van der Waals surface area contributed by atoms with Gasteiger partial charge in [-0.3, -0.25) is 9.69 Å². The molecule has 162 valence electrons. The number of aromatic nitrogens is 5. The average Bonchev–Trinajstić information content (AvgIpc) is 3.35. The van der Waals surface area contributed by atoms with Crippen molar-refractivity contribution in [3.8, 4) is 0 Å². The summed E-state index contributed by atoms with van der Waals surface area (Å²) < 4.78 is 4.49. The first-order chi connectivity index (χ1) is 15.1. The van der Waals surface area contributed by atoms with Crippen molar-refractivity contribution >= 4 is 40.2 Å². The van der Waals surface area contributed by atoms with Crippen LogP contribution in [0.2, 0.25) is 0 Å². The van der Waals surface area contributed by atoms with Gasteiger partial charge in [0.1, 0.15) is 12.1 Å². The predicted molar refractivity (Wildman–Crippen MR) is 121 cm³/mol. The maximum atomic E-state index is 12.1. The molecule has 0 saturated carbocycles. The molecule has 1 amide bonds. The second kappa shape index (κ2) is 8.73. The number of anilines is 2. The zero-order valence-electron chi connectivity index (χ0n) is 18.0. The van der Waals surface area contributed by atoms with Gasteiger partial charge < -0.3 is 16.5 Å². The Labute approximate surface area is 180 Å². The van der Waals surface area contributed by atoms with Gasteiger partial charge in [0.05, 0.1) is 13.1 Å². The number of amides is 1. The first-order valence-electron chi connectivity index (χ1n) is 10.7. The van der Waals surface area contributed by atoms with E-state index in [9.17, 15) is 4.79 Å². The number of hydrogen-bond donors (Lipinski definition) is 3. The van der Waals surface area contributed by atoms with E-state index >= 15 is 0 Å². The molecule has 3 heterocycles. The first-order valence-corrected chi connectivity index (χ1v) is 10.7. The molecule has 0 fully saturated rings. The average molecular weight is 422 g/mol. The van der Waals surface area contributed by atoms with E-state index in [2.05, 4.69) is 56.1 Å². The van der Waals surface area contributed by atoms with E-state index < -0.39 is 0 Å². The van der Waals surface area contributed by atoms with E-state index in [0.29, 0.717) is 30.1 Å². The number of nitrogens with two attached hydrogens (primary N) is 2.